The SMILES string of the molecule is COc1ccc(OCc2ccc(C(=N)N)cc2F)c(Br)c1. The van der Waals surface area contributed by atoms with E-state index in [2.05, 4.69) is 15.9 Å². The van der Waals surface area contributed by atoms with E-state index in [-0.39, 0.29) is 12.4 Å². The second kappa shape index (κ2) is 6.58. The number of nitrogens with two attached hydrogens (primary N) is 1. The number of rotatable bonds is 5. The Hall–Kier alpha value is -2.08. The monoisotopic (exact) mass is 352 g/mol. The second-order valence-electron chi connectivity index (χ2n) is 4.30. The Bertz CT molecular complexity index is 677. The third kappa shape index (κ3) is 3.72. The molecule has 3 N–H and O–H groups in total. The third-order valence-electron chi connectivity index (χ3n) is 2.89. The van der Waals surface area contributed by atoms with Gasteiger partial charge in [-0.1, -0.05) is 12.1 Å². The summed E-state index contributed by atoms with van der Waals surface area (Å²) in [6, 6.07) is 9.64. The van der Waals surface area contributed by atoms with Gasteiger partial charge in [0, 0.05) is 11.1 Å². The summed E-state index contributed by atoms with van der Waals surface area (Å²) in [4.78, 5) is 0. The fourth-order valence-corrected chi connectivity index (χ4v) is 2.19. The fourth-order valence-electron chi connectivity index (χ4n) is 1.71. The molecule has 0 unspecified atom stereocenters. The van der Waals surface area contributed by atoms with Crippen LogP contribution in [0.5, 0.6) is 11.5 Å². The number of nitrogen functional groups attached to an aromatic ring is 1. The lowest BCUT2D eigenvalue weighted by Gasteiger charge is -2.10. The van der Waals surface area contributed by atoms with E-state index in [1.54, 1.807) is 37.4 Å². The number of ether oxygens (including phenoxy) is 2. The zero-order valence-corrected chi connectivity index (χ0v) is 12.9. The van der Waals surface area contributed by atoms with Gasteiger partial charge < -0.3 is 15.2 Å². The molecule has 2 rings (SSSR count). The molecule has 0 aliphatic rings. The van der Waals surface area contributed by atoms with E-state index in [1.807, 2.05) is 0 Å². The van der Waals surface area contributed by atoms with E-state index < -0.39 is 5.82 Å². The van der Waals surface area contributed by atoms with Crippen LogP contribution in [0.4, 0.5) is 4.39 Å². The van der Waals surface area contributed by atoms with Crippen LogP contribution >= 0.6 is 15.9 Å². The van der Waals surface area contributed by atoms with Gasteiger partial charge in [0.25, 0.3) is 0 Å². The summed E-state index contributed by atoms with van der Waals surface area (Å²) in [7, 11) is 1.58. The van der Waals surface area contributed by atoms with Crippen molar-refractivity contribution in [3.05, 3.63) is 57.8 Å². The number of amidine groups is 1. The van der Waals surface area contributed by atoms with Crippen molar-refractivity contribution >= 4 is 21.8 Å². The first-order chi connectivity index (χ1) is 10.0. The molecule has 0 aliphatic heterocycles. The zero-order valence-electron chi connectivity index (χ0n) is 11.3. The van der Waals surface area contributed by atoms with E-state index in [0.717, 1.165) is 4.47 Å². The molecular formula is C15H14BrFN2O2. The van der Waals surface area contributed by atoms with Gasteiger partial charge in [0.1, 0.15) is 29.8 Å². The van der Waals surface area contributed by atoms with Crippen LogP contribution in [0.25, 0.3) is 0 Å². The summed E-state index contributed by atoms with van der Waals surface area (Å²) in [6.45, 7) is 0.0783. The minimum atomic E-state index is -0.452. The lowest BCUT2D eigenvalue weighted by molar-refractivity contribution is 0.297. The first-order valence-corrected chi connectivity index (χ1v) is 6.89. The summed E-state index contributed by atoms with van der Waals surface area (Å²) in [6.07, 6.45) is 0. The van der Waals surface area contributed by atoms with Gasteiger partial charge in [-0.15, -0.1) is 0 Å². The highest BCUT2D eigenvalue weighted by Crippen LogP contribution is 2.29. The minimum Gasteiger partial charge on any atom is -0.497 e. The highest BCUT2D eigenvalue weighted by molar-refractivity contribution is 9.10. The van der Waals surface area contributed by atoms with Crippen molar-refractivity contribution in [1.82, 2.24) is 0 Å². The van der Waals surface area contributed by atoms with E-state index in [4.69, 9.17) is 20.6 Å². The molecule has 0 radical (unpaired) electrons. The van der Waals surface area contributed by atoms with Crippen LogP contribution in [0.2, 0.25) is 0 Å². The van der Waals surface area contributed by atoms with E-state index in [0.29, 0.717) is 22.6 Å². The summed E-state index contributed by atoms with van der Waals surface area (Å²) in [5.41, 5.74) is 6.05. The predicted molar refractivity (Wildman–Crippen MR) is 82.4 cm³/mol. The molecular weight excluding hydrogens is 339 g/mol. The average Bonchev–Trinajstić information content (AvgIpc) is 2.46. The lowest BCUT2D eigenvalue weighted by Crippen LogP contribution is -2.12. The van der Waals surface area contributed by atoms with Crippen LogP contribution in [0.1, 0.15) is 11.1 Å². The molecule has 21 heavy (non-hydrogen) atoms. The molecule has 0 atom stereocenters. The molecule has 0 bridgehead atoms. The Labute approximate surface area is 130 Å². The Balaban J connectivity index is 2.11. The summed E-state index contributed by atoms with van der Waals surface area (Å²) in [5, 5.41) is 7.27. The molecule has 110 valence electrons. The van der Waals surface area contributed by atoms with Crippen LogP contribution in [-0.4, -0.2) is 12.9 Å². The van der Waals surface area contributed by atoms with Gasteiger partial charge in [0.2, 0.25) is 0 Å². The Morgan fingerprint density at radius 2 is 2.05 bits per heavy atom. The molecule has 0 spiro atoms. The molecule has 0 saturated heterocycles. The van der Waals surface area contributed by atoms with Crippen LogP contribution in [0, 0.1) is 11.2 Å². The standard InChI is InChI=1S/C15H14BrFN2O2/c1-20-11-4-5-14(12(16)7-11)21-8-10-3-2-9(15(18)19)6-13(10)17/h2-7H,8H2,1H3,(H3,18,19). The largest absolute Gasteiger partial charge is 0.497 e. The smallest absolute Gasteiger partial charge is 0.134 e. The number of hydrogen-bond donors (Lipinski definition) is 2. The molecule has 0 saturated carbocycles. The summed E-state index contributed by atoms with van der Waals surface area (Å²) in [5.74, 6) is 0.670. The Kier molecular flexibility index (Phi) is 4.80. The van der Waals surface area contributed by atoms with Crippen LogP contribution < -0.4 is 15.2 Å². The van der Waals surface area contributed by atoms with Gasteiger partial charge in [-0.3, -0.25) is 5.41 Å². The molecule has 4 nitrogen and oxygen atoms in total. The van der Waals surface area contributed by atoms with E-state index >= 15 is 0 Å². The molecule has 0 amide bonds. The summed E-state index contributed by atoms with van der Waals surface area (Å²) >= 11 is 3.37. The topological polar surface area (TPSA) is 68.3 Å². The van der Waals surface area contributed by atoms with Gasteiger partial charge in [-0.25, -0.2) is 4.39 Å². The molecule has 0 heterocycles. The highest BCUT2D eigenvalue weighted by atomic mass is 79.9. The molecule has 2 aromatic carbocycles. The number of methoxy groups -OCH3 is 1. The van der Waals surface area contributed by atoms with Crippen LogP contribution in [0.3, 0.4) is 0 Å². The third-order valence-corrected chi connectivity index (χ3v) is 3.51. The van der Waals surface area contributed by atoms with Gasteiger partial charge in [0.15, 0.2) is 0 Å². The van der Waals surface area contributed by atoms with E-state index in [9.17, 15) is 4.39 Å². The maximum Gasteiger partial charge on any atom is 0.134 e. The number of halogens is 2. The Morgan fingerprint density at radius 3 is 2.62 bits per heavy atom. The van der Waals surface area contributed by atoms with Crippen molar-refractivity contribution in [1.29, 1.82) is 5.41 Å². The maximum atomic E-state index is 13.9. The molecule has 6 heteroatoms. The summed E-state index contributed by atoms with van der Waals surface area (Å²) < 4.78 is 25.3. The molecule has 0 fully saturated rings. The maximum absolute atomic E-state index is 13.9. The number of benzene rings is 2. The van der Waals surface area contributed by atoms with Gasteiger partial charge >= 0.3 is 0 Å². The van der Waals surface area contributed by atoms with Crippen LogP contribution in [0.15, 0.2) is 40.9 Å². The first kappa shape index (κ1) is 15.3. The van der Waals surface area contributed by atoms with Gasteiger partial charge in [-0.2, -0.15) is 0 Å². The van der Waals surface area contributed by atoms with Crippen molar-refractivity contribution in [2.45, 2.75) is 6.61 Å². The second-order valence-corrected chi connectivity index (χ2v) is 5.16. The molecule has 2 aromatic rings. The number of nitrogens with one attached hydrogen (secondary N) is 1. The lowest BCUT2D eigenvalue weighted by atomic mass is 10.1. The number of hydrogen-bond acceptors (Lipinski definition) is 3. The van der Waals surface area contributed by atoms with Gasteiger partial charge in [0.05, 0.1) is 11.6 Å². The van der Waals surface area contributed by atoms with Crippen molar-refractivity contribution in [3.63, 3.8) is 0 Å². The Morgan fingerprint density at radius 1 is 1.29 bits per heavy atom. The fraction of sp³-hybridized carbons (Fsp3) is 0.133. The highest BCUT2D eigenvalue weighted by Gasteiger charge is 2.08. The quantitative estimate of drug-likeness (QED) is 0.639. The van der Waals surface area contributed by atoms with E-state index in [1.165, 1.54) is 6.07 Å². The molecule has 0 aromatic heterocycles. The predicted octanol–water partition coefficient (Wildman–Crippen LogP) is 3.46. The minimum absolute atomic E-state index is 0.0783. The molecule has 0 aliphatic carbocycles. The van der Waals surface area contributed by atoms with Crippen molar-refractivity contribution in [2.24, 2.45) is 5.73 Å². The van der Waals surface area contributed by atoms with Crippen molar-refractivity contribution in [3.8, 4) is 11.5 Å². The normalized spacial score (nSPS) is 10.2. The van der Waals surface area contributed by atoms with Crippen molar-refractivity contribution < 1.29 is 13.9 Å². The zero-order chi connectivity index (χ0) is 15.4. The average molecular weight is 353 g/mol. The van der Waals surface area contributed by atoms with Crippen molar-refractivity contribution in [2.75, 3.05) is 7.11 Å². The van der Waals surface area contributed by atoms with Gasteiger partial charge in [-0.05, 0) is 40.2 Å². The first-order valence-electron chi connectivity index (χ1n) is 6.10. The van der Waals surface area contributed by atoms with Crippen LogP contribution in [-0.2, 0) is 6.61 Å².